The maximum atomic E-state index is 12.5. The lowest BCUT2D eigenvalue weighted by Gasteiger charge is -2.25. The van der Waals surface area contributed by atoms with Crippen LogP contribution < -0.4 is 5.32 Å². The Balaban J connectivity index is 1.98. The number of benzene rings is 1. The van der Waals surface area contributed by atoms with Gasteiger partial charge in [0.15, 0.2) is 0 Å². The number of nitrogens with one attached hydrogen (secondary N) is 1. The van der Waals surface area contributed by atoms with Gasteiger partial charge in [0.2, 0.25) is 11.8 Å². The molecule has 1 aliphatic rings. The molecule has 3 amide bonds. The van der Waals surface area contributed by atoms with Crippen molar-refractivity contribution in [1.82, 2.24) is 10.2 Å². The minimum Gasteiger partial charge on any atom is -0.319 e. The summed E-state index contributed by atoms with van der Waals surface area (Å²) in [7, 11) is 0. The molecule has 2 heterocycles. The van der Waals surface area contributed by atoms with Gasteiger partial charge in [-0.15, -0.1) is 11.3 Å². The zero-order valence-electron chi connectivity index (χ0n) is 10.8. The Labute approximate surface area is 119 Å². The van der Waals surface area contributed by atoms with Crippen molar-refractivity contribution < 1.29 is 14.4 Å². The van der Waals surface area contributed by atoms with Crippen LogP contribution in [0.15, 0.2) is 24.3 Å². The van der Waals surface area contributed by atoms with E-state index in [2.05, 4.69) is 5.32 Å². The fourth-order valence-corrected chi connectivity index (χ4v) is 3.48. The first kappa shape index (κ1) is 12.8. The summed E-state index contributed by atoms with van der Waals surface area (Å²) in [5.74, 6) is -1.13. The normalized spacial score (nSPS) is 15.6. The third-order valence-corrected chi connectivity index (χ3v) is 4.53. The molecule has 1 aliphatic heterocycles. The van der Waals surface area contributed by atoms with Crippen molar-refractivity contribution in [1.29, 1.82) is 0 Å². The highest BCUT2D eigenvalue weighted by Gasteiger charge is 2.29. The third-order valence-electron chi connectivity index (χ3n) is 3.27. The summed E-state index contributed by atoms with van der Waals surface area (Å²) < 4.78 is 1.03. The van der Waals surface area contributed by atoms with Gasteiger partial charge in [0.1, 0.15) is 13.1 Å². The smallest absolute Gasteiger partial charge is 0.265 e. The molecular weight excluding hydrogens is 276 g/mol. The number of rotatable bonds is 1. The van der Waals surface area contributed by atoms with E-state index in [-0.39, 0.29) is 19.0 Å². The lowest BCUT2D eigenvalue weighted by atomic mass is 10.1. The maximum Gasteiger partial charge on any atom is 0.265 e. The summed E-state index contributed by atoms with van der Waals surface area (Å²) >= 11 is 1.39. The standard InChI is InChI=1S/C14H12N2O3S/c1-8-9-4-2-3-5-10(9)20-13(8)14(19)16-6-11(17)15-12(18)7-16/h2-5H,6-7H2,1H3,(H,15,17,18). The molecule has 0 bridgehead atoms. The summed E-state index contributed by atoms with van der Waals surface area (Å²) in [5.41, 5.74) is 0.897. The van der Waals surface area contributed by atoms with E-state index >= 15 is 0 Å². The van der Waals surface area contributed by atoms with Crippen LogP contribution in [0.5, 0.6) is 0 Å². The number of fused-ring (bicyclic) bond motifs is 1. The van der Waals surface area contributed by atoms with Gasteiger partial charge in [-0.2, -0.15) is 0 Å². The molecule has 0 saturated carbocycles. The molecule has 0 aliphatic carbocycles. The van der Waals surface area contributed by atoms with Crippen LogP contribution in [-0.4, -0.2) is 35.7 Å². The second-order valence-electron chi connectivity index (χ2n) is 4.68. The van der Waals surface area contributed by atoms with E-state index in [4.69, 9.17) is 0 Å². The number of imide groups is 1. The zero-order chi connectivity index (χ0) is 14.3. The Morgan fingerprint density at radius 3 is 2.50 bits per heavy atom. The van der Waals surface area contributed by atoms with Crippen LogP contribution in [0.4, 0.5) is 0 Å². The first-order valence-electron chi connectivity index (χ1n) is 6.16. The highest BCUT2D eigenvalue weighted by molar-refractivity contribution is 7.21. The summed E-state index contributed by atoms with van der Waals surface area (Å²) in [5, 5.41) is 3.22. The van der Waals surface area contributed by atoms with Gasteiger partial charge in [-0.05, 0) is 23.9 Å². The Morgan fingerprint density at radius 1 is 1.20 bits per heavy atom. The fourth-order valence-electron chi connectivity index (χ4n) is 2.30. The average Bonchev–Trinajstić information content (AvgIpc) is 2.75. The summed E-state index contributed by atoms with van der Waals surface area (Å²) in [6.07, 6.45) is 0. The van der Waals surface area contributed by atoms with Crippen LogP contribution in [0.25, 0.3) is 10.1 Å². The van der Waals surface area contributed by atoms with E-state index in [0.717, 1.165) is 15.6 Å². The van der Waals surface area contributed by atoms with E-state index in [1.807, 2.05) is 31.2 Å². The van der Waals surface area contributed by atoms with Gasteiger partial charge in [-0.3, -0.25) is 19.7 Å². The van der Waals surface area contributed by atoms with E-state index in [1.54, 1.807) is 0 Å². The summed E-state index contributed by atoms with van der Waals surface area (Å²) in [6, 6.07) is 7.77. The van der Waals surface area contributed by atoms with Crippen molar-refractivity contribution in [3.05, 3.63) is 34.7 Å². The monoisotopic (exact) mass is 288 g/mol. The van der Waals surface area contributed by atoms with Crippen molar-refractivity contribution >= 4 is 39.1 Å². The predicted molar refractivity (Wildman–Crippen MR) is 75.6 cm³/mol. The number of aryl methyl sites for hydroxylation is 1. The molecular formula is C14H12N2O3S. The number of piperazine rings is 1. The number of hydrogen-bond acceptors (Lipinski definition) is 4. The minimum absolute atomic E-state index is 0.0712. The molecule has 1 fully saturated rings. The second-order valence-corrected chi connectivity index (χ2v) is 5.74. The molecule has 1 aromatic heterocycles. The van der Waals surface area contributed by atoms with Crippen LogP contribution in [0.2, 0.25) is 0 Å². The lowest BCUT2D eigenvalue weighted by molar-refractivity contribution is -0.135. The lowest BCUT2D eigenvalue weighted by Crippen LogP contribution is -2.53. The fraction of sp³-hybridized carbons (Fsp3) is 0.214. The highest BCUT2D eigenvalue weighted by Crippen LogP contribution is 2.31. The van der Waals surface area contributed by atoms with E-state index in [1.165, 1.54) is 16.2 Å². The van der Waals surface area contributed by atoms with Gasteiger partial charge in [0, 0.05) is 4.70 Å². The summed E-state index contributed by atoms with van der Waals surface area (Å²) in [4.78, 5) is 37.1. The van der Waals surface area contributed by atoms with Crippen LogP contribution >= 0.6 is 11.3 Å². The van der Waals surface area contributed by atoms with Gasteiger partial charge in [-0.1, -0.05) is 18.2 Å². The molecule has 5 nitrogen and oxygen atoms in total. The molecule has 3 rings (SSSR count). The zero-order valence-corrected chi connectivity index (χ0v) is 11.6. The van der Waals surface area contributed by atoms with Gasteiger partial charge in [-0.25, -0.2) is 0 Å². The first-order chi connectivity index (χ1) is 9.56. The van der Waals surface area contributed by atoms with Crippen LogP contribution in [0, 0.1) is 6.92 Å². The molecule has 0 unspecified atom stereocenters. The largest absolute Gasteiger partial charge is 0.319 e. The molecule has 0 spiro atoms. The van der Waals surface area contributed by atoms with E-state index in [0.29, 0.717) is 4.88 Å². The SMILES string of the molecule is Cc1c(C(=O)N2CC(=O)NC(=O)C2)sc2ccccc12. The Morgan fingerprint density at radius 2 is 1.85 bits per heavy atom. The number of hydrogen-bond donors (Lipinski definition) is 1. The number of thiophene rings is 1. The van der Waals surface area contributed by atoms with Crippen molar-refractivity contribution in [2.24, 2.45) is 0 Å². The second kappa shape index (κ2) is 4.72. The maximum absolute atomic E-state index is 12.5. The number of carbonyl (C=O) groups is 3. The van der Waals surface area contributed by atoms with Crippen LogP contribution in [0.1, 0.15) is 15.2 Å². The van der Waals surface area contributed by atoms with E-state index in [9.17, 15) is 14.4 Å². The first-order valence-corrected chi connectivity index (χ1v) is 6.98. The molecule has 0 atom stereocenters. The molecule has 6 heteroatoms. The highest BCUT2D eigenvalue weighted by atomic mass is 32.1. The van der Waals surface area contributed by atoms with Crippen molar-refractivity contribution in [2.75, 3.05) is 13.1 Å². The topological polar surface area (TPSA) is 66.5 Å². The van der Waals surface area contributed by atoms with Gasteiger partial charge >= 0.3 is 0 Å². The predicted octanol–water partition coefficient (Wildman–Crippen LogP) is 1.31. The number of nitrogens with zero attached hydrogens (tertiary/aromatic N) is 1. The van der Waals surface area contributed by atoms with Gasteiger partial charge in [0.05, 0.1) is 4.88 Å². The number of carbonyl (C=O) groups excluding carboxylic acids is 3. The molecule has 2 aromatic rings. The molecule has 1 saturated heterocycles. The van der Waals surface area contributed by atoms with Gasteiger partial charge in [0.25, 0.3) is 5.91 Å². The molecule has 1 N–H and O–H groups in total. The molecule has 20 heavy (non-hydrogen) atoms. The Bertz CT molecular complexity index is 719. The Kier molecular flexibility index (Phi) is 3.02. The average molecular weight is 288 g/mol. The van der Waals surface area contributed by atoms with Crippen molar-refractivity contribution in [3.63, 3.8) is 0 Å². The van der Waals surface area contributed by atoms with Crippen molar-refractivity contribution in [3.8, 4) is 0 Å². The van der Waals surface area contributed by atoms with Crippen molar-refractivity contribution in [2.45, 2.75) is 6.92 Å². The van der Waals surface area contributed by atoms with Crippen LogP contribution in [-0.2, 0) is 9.59 Å². The minimum atomic E-state index is -0.437. The molecule has 0 radical (unpaired) electrons. The molecule has 1 aromatic carbocycles. The molecule has 102 valence electrons. The summed E-state index contributed by atoms with van der Waals surface area (Å²) in [6.45, 7) is 1.74. The quantitative estimate of drug-likeness (QED) is 0.805. The van der Waals surface area contributed by atoms with Crippen LogP contribution in [0.3, 0.4) is 0 Å². The van der Waals surface area contributed by atoms with E-state index < -0.39 is 11.8 Å². The van der Waals surface area contributed by atoms with Gasteiger partial charge < -0.3 is 4.90 Å². The third kappa shape index (κ3) is 2.08. The number of amides is 3. The Hall–Kier alpha value is -2.21.